The van der Waals surface area contributed by atoms with Crippen LogP contribution in [-0.4, -0.2) is 34.8 Å². The van der Waals surface area contributed by atoms with Crippen LogP contribution < -0.4 is 9.64 Å². The van der Waals surface area contributed by atoms with Gasteiger partial charge in [-0.3, -0.25) is 0 Å². The molecule has 3 heterocycles. The van der Waals surface area contributed by atoms with E-state index in [9.17, 15) is 0 Å². The number of rotatable bonds is 8. The number of benzene rings is 1. The summed E-state index contributed by atoms with van der Waals surface area (Å²) >= 11 is 6.63. The molecule has 0 radical (unpaired) electrons. The summed E-state index contributed by atoms with van der Waals surface area (Å²) in [5.74, 6) is 1.84. The Morgan fingerprint density at radius 2 is 2.03 bits per heavy atom. The largest absolute Gasteiger partial charge is 0.497 e. The van der Waals surface area contributed by atoms with E-state index < -0.39 is 0 Å². The van der Waals surface area contributed by atoms with Crippen molar-refractivity contribution in [2.75, 3.05) is 25.1 Å². The monoisotopic (exact) mass is 428 g/mol. The number of unbranched alkanes of at least 4 members (excludes halogenated alkanes) is 1. The van der Waals surface area contributed by atoms with Crippen LogP contribution in [0.15, 0.2) is 18.2 Å². The third-order valence-corrected chi connectivity index (χ3v) is 5.91. The summed E-state index contributed by atoms with van der Waals surface area (Å²) in [6, 6.07) is 5.74. The van der Waals surface area contributed by atoms with Gasteiger partial charge in [-0.2, -0.15) is 9.61 Å². The first-order valence-electron chi connectivity index (χ1n) is 10.7. The van der Waals surface area contributed by atoms with E-state index in [2.05, 4.69) is 18.7 Å². The van der Waals surface area contributed by atoms with Crippen molar-refractivity contribution in [2.45, 2.75) is 53.2 Å². The van der Waals surface area contributed by atoms with Gasteiger partial charge < -0.3 is 14.4 Å². The Bertz CT molecular complexity index is 1060. The minimum Gasteiger partial charge on any atom is -0.497 e. The highest BCUT2D eigenvalue weighted by Crippen LogP contribution is 2.38. The van der Waals surface area contributed by atoms with Crippen molar-refractivity contribution in [1.82, 2.24) is 14.6 Å². The van der Waals surface area contributed by atoms with E-state index in [-0.39, 0.29) is 0 Å². The standard InChI is InChI=1S/C23H29ClN4O2/c1-5-7-11-27(10-6-2)23-18-13-30-14-20(18)25-22-21(15(3)26-28(22)23)17-9-8-16(29-4)12-19(17)24/h8-9,12H,5-7,10-11,13-14H2,1-4H3. The fourth-order valence-corrected chi connectivity index (χ4v) is 4.41. The van der Waals surface area contributed by atoms with Gasteiger partial charge in [0, 0.05) is 24.2 Å². The van der Waals surface area contributed by atoms with Crippen LogP contribution in [0.25, 0.3) is 16.8 Å². The number of halogens is 1. The average Bonchev–Trinajstić information content (AvgIpc) is 3.33. The minimum absolute atomic E-state index is 0.534. The second-order valence-corrected chi connectivity index (χ2v) is 8.14. The number of hydrogen-bond donors (Lipinski definition) is 0. The van der Waals surface area contributed by atoms with Gasteiger partial charge in [0.2, 0.25) is 0 Å². The Balaban J connectivity index is 1.95. The maximum Gasteiger partial charge on any atom is 0.165 e. The van der Waals surface area contributed by atoms with Gasteiger partial charge in [0.05, 0.1) is 42.3 Å². The average molecular weight is 429 g/mol. The number of nitrogens with zero attached hydrogens (tertiary/aromatic N) is 4. The maximum absolute atomic E-state index is 6.63. The zero-order chi connectivity index (χ0) is 21.3. The molecular formula is C23H29ClN4O2. The SMILES string of the molecule is CCCCN(CCC)c1c2c(nc3c(-c4ccc(OC)cc4Cl)c(C)nn13)COC2. The van der Waals surface area contributed by atoms with Gasteiger partial charge in [-0.05, 0) is 38.0 Å². The molecule has 0 aliphatic carbocycles. The third kappa shape index (κ3) is 3.63. The lowest BCUT2D eigenvalue weighted by Crippen LogP contribution is -2.29. The normalized spacial score (nSPS) is 13.1. The molecule has 0 spiro atoms. The Labute approximate surface area is 182 Å². The zero-order valence-electron chi connectivity index (χ0n) is 18.2. The molecule has 0 unspecified atom stereocenters. The highest BCUT2D eigenvalue weighted by atomic mass is 35.5. The molecule has 6 nitrogen and oxygen atoms in total. The van der Waals surface area contributed by atoms with Gasteiger partial charge in [-0.1, -0.05) is 31.9 Å². The number of aromatic nitrogens is 3. The number of methoxy groups -OCH3 is 1. The first-order chi connectivity index (χ1) is 14.6. The first kappa shape index (κ1) is 20.9. The lowest BCUT2D eigenvalue weighted by atomic mass is 10.1. The van der Waals surface area contributed by atoms with Gasteiger partial charge in [-0.25, -0.2) is 4.98 Å². The van der Waals surface area contributed by atoms with E-state index in [1.54, 1.807) is 7.11 Å². The number of fused-ring (bicyclic) bond motifs is 2. The molecule has 7 heteroatoms. The third-order valence-electron chi connectivity index (χ3n) is 5.60. The van der Waals surface area contributed by atoms with E-state index >= 15 is 0 Å². The molecule has 2 aromatic heterocycles. The van der Waals surface area contributed by atoms with Gasteiger partial charge in [-0.15, -0.1) is 0 Å². The van der Waals surface area contributed by atoms with Crippen LogP contribution >= 0.6 is 11.6 Å². The number of hydrogen-bond acceptors (Lipinski definition) is 5. The van der Waals surface area contributed by atoms with Crippen LogP contribution in [0.4, 0.5) is 5.82 Å². The smallest absolute Gasteiger partial charge is 0.165 e. The van der Waals surface area contributed by atoms with Crippen LogP contribution in [0.3, 0.4) is 0 Å². The summed E-state index contributed by atoms with van der Waals surface area (Å²) in [4.78, 5) is 7.42. The fourth-order valence-electron chi connectivity index (χ4n) is 4.14. The quantitative estimate of drug-likeness (QED) is 0.480. The summed E-state index contributed by atoms with van der Waals surface area (Å²) in [7, 11) is 1.64. The lowest BCUT2D eigenvalue weighted by molar-refractivity contribution is 0.133. The predicted octanol–water partition coefficient (Wildman–Crippen LogP) is 5.41. The van der Waals surface area contributed by atoms with Crippen molar-refractivity contribution in [1.29, 1.82) is 0 Å². The molecule has 0 bridgehead atoms. The highest BCUT2D eigenvalue weighted by Gasteiger charge is 2.27. The van der Waals surface area contributed by atoms with E-state index in [0.717, 1.165) is 77.6 Å². The Hall–Kier alpha value is -2.31. The number of aryl methyl sites for hydroxylation is 1. The highest BCUT2D eigenvalue weighted by molar-refractivity contribution is 6.33. The second kappa shape index (κ2) is 8.82. The number of ether oxygens (including phenoxy) is 2. The van der Waals surface area contributed by atoms with E-state index in [0.29, 0.717) is 18.2 Å². The number of anilines is 1. The molecule has 0 N–H and O–H groups in total. The van der Waals surface area contributed by atoms with Crippen LogP contribution in [0.2, 0.25) is 5.02 Å². The molecule has 30 heavy (non-hydrogen) atoms. The van der Waals surface area contributed by atoms with Crippen LogP contribution in [-0.2, 0) is 18.0 Å². The molecule has 0 amide bonds. The molecular weight excluding hydrogens is 400 g/mol. The van der Waals surface area contributed by atoms with E-state index in [1.165, 1.54) is 0 Å². The lowest BCUT2D eigenvalue weighted by Gasteiger charge is -2.26. The molecule has 1 aliphatic heterocycles. The van der Waals surface area contributed by atoms with Crippen molar-refractivity contribution >= 4 is 23.1 Å². The van der Waals surface area contributed by atoms with Crippen LogP contribution in [0, 0.1) is 6.92 Å². The molecule has 1 aromatic carbocycles. The first-order valence-corrected chi connectivity index (χ1v) is 11.0. The molecule has 3 aromatic rings. The Kier molecular flexibility index (Phi) is 6.16. The zero-order valence-corrected chi connectivity index (χ0v) is 18.9. The van der Waals surface area contributed by atoms with Gasteiger partial charge in [0.15, 0.2) is 5.65 Å². The predicted molar refractivity (Wildman–Crippen MR) is 121 cm³/mol. The molecule has 0 saturated heterocycles. The molecule has 160 valence electrons. The van der Waals surface area contributed by atoms with Gasteiger partial charge in [0.25, 0.3) is 0 Å². The van der Waals surface area contributed by atoms with Crippen molar-refractivity contribution in [3.05, 3.63) is 40.2 Å². The molecule has 0 atom stereocenters. The molecule has 4 rings (SSSR count). The van der Waals surface area contributed by atoms with Crippen molar-refractivity contribution < 1.29 is 9.47 Å². The summed E-state index contributed by atoms with van der Waals surface area (Å²) < 4.78 is 13.1. The topological polar surface area (TPSA) is 51.9 Å². The summed E-state index contributed by atoms with van der Waals surface area (Å²) in [6.07, 6.45) is 3.36. The minimum atomic E-state index is 0.534. The van der Waals surface area contributed by atoms with Crippen molar-refractivity contribution in [3.63, 3.8) is 0 Å². The van der Waals surface area contributed by atoms with E-state index in [1.807, 2.05) is 29.6 Å². The van der Waals surface area contributed by atoms with Crippen LogP contribution in [0.1, 0.15) is 50.1 Å². The fraction of sp³-hybridized carbons (Fsp3) is 0.478. The molecule has 1 aliphatic rings. The van der Waals surface area contributed by atoms with Crippen molar-refractivity contribution in [3.8, 4) is 16.9 Å². The molecule has 0 fully saturated rings. The summed E-state index contributed by atoms with van der Waals surface area (Å²) in [6.45, 7) is 9.54. The van der Waals surface area contributed by atoms with E-state index in [4.69, 9.17) is 31.2 Å². The van der Waals surface area contributed by atoms with Gasteiger partial charge >= 0.3 is 0 Å². The van der Waals surface area contributed by atoms with Crippen LogP contribution in [0.5, 0.6) is 5.75 Å². The maximum atomic E-state index is 6.63. The Morgan fingerprint density at radius 3 is 2.73 bits per heavy atom. The molecule has 0 saturated carbocycles. The summed E-state index contributed by atoms with van der Waals surface area (Å²) in [5, 5.41) is 5.56. The Morgan fingerprint density at radius 1 is 1.20 bits per heavy atom. The summed E-state index contributed by atoms with van der Waals surface area (Å²) in [5.41, 5.74) is 5.77. The van der Waals surface area contributed by atoms with Crippen molar-refractivity contribution in [2.24, 2.45) is 0 Å². The van der Waals surface area contributed by atoms with Gasteiger partial charge in [0.1, 0.15) is 11.6 Å². The second-order valence-electron chi connectivity index (χ2n) is 7.74.